The largest absolute Gasteiger partial charge is 0.480 e. The highest BCUT2D eigenvalue weighted by Crippen LogP contribution is 2.06. The number of thiol groups is 1. The molecule has 11 heteroatoms. The van der Waals surface area contributed by atoms with Gasteiger partial charge in [0.1, 0.15) is 12.1 Å². The smallest absolute Gasteiger partial charge is 0.328 e. The lowest BCUT2D eigenvalue weighted by atomic mass is 10.0. The summed E-state index contributed by atoms with van der Waals surface area (Å²) < 4.78 is 0. The SMILES string of the molecule is CC(C)C(N)C(=O)NC(CS)C(=O)NC(Cc1ccccc1)C(=O)NC(C(=O)O)C(C)O. The van der Waals surface area contributed by atoms with Gasteiger partial charge in [0.2, 0.25) is 17.7 Å². The summed E-state index contributed by atoms with van der Waals surface area (Å²) in [5, 5.41) is 26.2. The highest BCUT2D eigenvalue weighted by atomic mass is 32.1. The number of rotatable bonds is 12. The molecule has 7 N–H and O–H groups in total. The van der Waals surface area contributed by atoms with Crippen LogP contribution in [0.3, 0.4) is 0 Å². The molecule has 10 nitrogen and oxygen atoms in total. The Morgan fingerprint density at radius 3 is 1.94 bits per heavy atom. The number of nitrogens with two attached hydrogens (primary N) is 1. The zero-order valence-electron chi connectivity index (χ0n) is 18.3. The van der Waals surface area contributed by atoms with Crippen LogP contribution in [-0.4, -0.2) is 69.9 Å². The van der Waals surface area contributed by atoms with Crippen molar-refractivity contribution in [2.24, 2.45) is 11.7 Å². The number of nitrogens with one attached hydrogen (secondary N) is 3. The van der Waals surface area contributed by atoms with Gasteiger partial charge in [-0.15, -0.1) is 0 Å². The van der Waals surface area contributed by atoms with E-state index in [1.165, 1.54) is 6.92 Å². The van der Waals surface area contributed by atoms with Crippen LogP contribution in [0, 0.1) is 5.92 Å². The molecule has 0 fully saturated rings. The number of hydrogen-bond donors (Lipinski definition) is 7. The van der Waals surface area contributed by atoms with Crippen LogP contribution in [0.15, 0.2) is 30.3 Å². The van der Waals surface area contributed by atoms with Crippen molar-refractivity contribution >= 4 is 36.3 Å². The number of carboxylic acids is 1. The second-order valence-corrected chi connectivity index (χ2v) is 8.19. The predicted octanol–water partition coefficient (Wildman–Crippen LogP) is -0.938. The van der Waals surface area contributed by atoms with Gasteiger partial charge in [-0.2, -0.15) is 12.6 Å². The molecule has 0 bridgehead atoms. The summed E-state index contributed by atoms with van der Waals surface area (Å²) in [6, 6.07) is 4.19. The molecule has 0 aliphatic heterocycles. The molecule has 1 rings (SSSR count). The van der Waals surface area contributed by atoms with E-state index < -0.39 is 54.0 Å². The summed E-state index contributed by atoms with van der Waals surface area (Å²) in [5.74, 6) is -3.61. The molecule has 0 heterocycles. The molecule has 5 atom stereocenters. The quantitative estimate of drug-likeness (QED) is 0.194. The zero-order chi connectivity index (χ0) is 24.4. The molecule has 0 aromatic heterocycles. The van der Waals surface area contributed by atoms with Gasteiger partial charge >= 0.3 is 5.97 Å². The highest BCUT2D eigenvalue weighted by Gasteiger charge is 2.31. The highest BCUT2D eigenvalue weighted by molar-refractivity contribution is 7.80. The Hall–Kier alpha value is -2.63. The van der Waals surface area contributed by atoms with E-state index in [1.54, 1.807) is 44.2 Å². The molecule has 1 aromatic rings. The third kappa shape index (κ3) is 8.48. The first-order valence-electron chi connectivity index (χ1n) is 10.2. The maximum Gasteiger partial charge on any atom is 0.328 e. The number of amides is 3. The van der Waals surface area contributed by atoms with E-state index in [4.69, 9.17) is 5.73 Å². The Morgan fingerprint density at radius 1 is 0.938 bits per heavy atom. The van der Waals surface area contributed by atoms with E-state index >= 15 is 0 Å². The maximum atomic E-state index is 12.8. The van der Waals surface area contributed by atoms with E-state index in [0.29, 0.717) is 5.56 Å². The number of carboxylic acid groups (broad SMARTS) is 1. The van der Waals surface area contributed by atoms with Crippen LogP contribution in [0.4, 0.5) is 0 Å². The van der Waals surface area contributed by atoms with Crippen LogP contribution in [0.2, 0.25) is 0 Å². The number of aliphatic carboxylic acids is 1. The van der Waals surface area contributed by atoms with Crippen LogP contribution >= 0.6 is 12.6 Å². The van der Waals surface area contributed by atoms with Gasteiger partial charge in [0.15, 0.2) is 6.04 Å². The number of aliphatic hydroxyl groups excluding tert-OH is 1. The molecule has 1 aromatic carbocycles. The molecule has 0 spiro atoms. The van der Waals surface area contributed by atoms with Crippen molar-refractivity contribution in [1.29, 1.82) is 0 Å². The molecule has 5 unspecified atom stereocenters. The monoisotopic (exact) mass is 468 g/mol. The van der Waals surface area contributed by atoms with Gasteiger partial charge < -0.3 is 31.9 Å². The van der Waals surface area contributed by atoms with Gasteiger partial charge in [0.05, 0.1) is 12.1 Å². The normalized spacial score (nSPS) is 15.7. The fraction of sp³-hybridized carbons (Fsp3) is 0.524. The summed E-state index contributed by atoms with van der Waals surface area (Å²) in [5.41, 5.74) is 6.53. The number of aliphatic hydroxyl groups is 1. The lowest BCUT2D eigenvalue weighted by Crippen LogP contribution is -2.59. The summed E-state index contributed by atoms with van der Waals surface area (Å²) >= 11 is 4.10. The van der Waals surface area contributed by atoms with Gasteiger partial charge in [0, 0.05) is 12.2 Å². The van der Waals surface area contributed by atoms with Crippen molar-refractivity contribution in [1.82, 2.24) is 16.0 Å². The molecular formula is C21H32N4O6S. The molecule has 178 valence electrons. The van der Waals surface area contributed by atoms with Crippen LogP contribution in [0.5, 0.6) is 0 Å². The summed E-state index contributed by atoms with van der Waals surface area (Å²) in [6.07, 6.45) is -1.30. The van der Waals surface area contributed by atoms with E-state index in [1.807, 2.05) is 0 Å². The number of hydrogen-bond acceptors (Lipinski definition) is 7. The standard InChI is InChI=1S/C21H32N4O6S/c1-11(2)16(22)20(29)24-15(10-32)19(28)23-14(9-13-7-5-4-6-8-13)18(27)25-17(12(3)26)21(30)31/h4-8,11-12,14-17,26,32H,9-10,22H2,1-3H3,(H,23,28)(H,24,29)(H,25,27)(H,30,31). The Kier molecular flexibility index (Phi) is 11.2. The minimum atomic E-state index is -1.55. The fourth-order valence-electron chi connectivity index (χ4n) is 2.74. The fourth-order valence-corrected chi connectivity index (χ4v) is 3.00. The van der Waals surface area contributed by atoms with Gasteiger partial charge in [-0.05, 0) is 18.4 Å². The summed E-state index contributed by atoms with van der Waals surface area (Å²) in [7, 11) is 0. The first-order valence-corrected chi connectivity index (χ1v) is 10.8. The van der Waals surface area contributed by atoms with Gasteiger partial charge in [-0.1, -0.05) is 44.2 Å². The Bertz CT molecular complexity index is 790. The molecule has 0 radical (unpaired) electrons. The van der Waals surface area contributed by atoms with Crippen molar-refractivity contribution < 1.29 is 29.4 Å². The molecule has 0 saturated carbocycles. The Balaban J connectivity index is 3.02. The average Bonchev–Trinajstić information content (AvgIpc) is 2.74. The minimum absolute atomic E-state index is 0.0481. The van der Waals surface area contributed by atoms with Gasteiger partial charge in [0.25, 0.3) is 0 Å². The van der Waals surface area contributed by atoms with Crippen LogP contribution in [0.25, 0.3) is 0 Å². The van der Waals surface area contributed by atoms with Crippen LogP contribution in [-0.2, 0) is 25.6 Å². The second kappa shape index (κ2) is 13.0. The lowest BCUT2D eigenvalue weighted by Gasteiger charge is -2.25. The van der Waals surface area contributed by atoms with Crippen molar-refractivity contribution in [3.8, 4) is 0 Å². The van der Waals surface area contributed by atoms with Crippen LogP contribution < -0.4 is 21.7 Å². The topological polar surface area (TPSA) is 171 Å². The van der Waals surface area contributed by atoms with Gasteiger partial charge in [-0.25, -0.2) is 4.79 Å². The molecule has 0 aliphatic carbocycles. The van der Waals surface area contributed by atoms with Crippen molar-refractivity contribution in [3.63, 3.8) is 0 Å². The third-order valence-corrected chi connectivity index (χ3v) is 5.16. The average molecular weight is 469 g/mol. The predicted molar refractivity (Wildman–Crippen MR) is 122 cm³/mol. The number of benzene rings is 1. The Labute approximate surface area is 192 Å². The van der Waals surface area contributed by atoms with Gasteiger partial charge in [-0.3, -0.25) is 14.4 Å². The summed E-state index contributed by atoms with van der Waals surface area (Å²) in [4.78, 5) is 49.2. The number of carbonyl (C=O) groups is 4. The van der Waals surface area contributed by atoms with E-state index in [0.717, 1.165) is 0 Å². The second-order valence-electron chi connectivity index (χ2n) is 7.83. The summed E-state index contributed by atoms with van der Waals surface area (Å²) in [6.45, 7) is 4.76. The third-order valence-electron chi connectivity index (χ3n) is 4.80. The van der Waals surface area contributed by atoms with Crippen molar-refractivity contribution in [3.05, 3.63) is 35.9 Å². The molecule has 0 aliphatic rings. The maximum absolute atomic E-state index is 12.8. The molecule has 0 saturated heterocycles. The first kappa shape index (κ1) is 27.4. The van der Waals surface area contributed by atoms with Crippen LogP contribution in [0.1, 0.15) is 26.3 Å². The zero-order valence-corrected chi connectivity index (χ0v) is 19.2. The minimum Gasteiger partial charge on any atom is -0.480 e. The number of carbonyl (C=O) groups excluding carboxylic acids is 3. The molecule has 3 amide bonds. The van der Waals surface area contributed by atoms with Crippen molar-refractivity contribution in [2.75, 3.05) is 5.75 Å². The first-order chi connectivity index (χ1) is 15.0. The molecular weight excluding hydrogens is 436 g/mol. The van der Waals surface area contributed by atoms with Crippen molar-refractivity contribution in [2.45, 2.75) is 57.5 Å². The van der Waals surface area contributed by atoms with E-state index in [2.05, 4.69) is 28.6 Å². The van der Waals surface area contributed by atoms with E-state index in [-0.39, 0.29) is 18.1 Å². The Morgan fingerprint density at radius 2 is 1.47 bits per heavy atom. The lowest BCUT2D eigenvalue weighted by molar-refractivity contribution is -0.145. The van der Waals surface area contributed by atoms with E-state index in [9.17, 15) is 29.4 Å². The molecule has 32 heavy (non-hydrogen) atoms.